The van der Waals surface area contributed by atoms with Gasteiger partial charge >= 0.3 is 0 Å². The molecular weight excluding hydrogens is 256 g/mol. The van der Waals surface area contributed by atoms with Gasteiger partial charge < -0.3 is 5.32 Å². The van der Waals surface area contributed by atoms with Crippen molar-refractivity contribution in [3.8, 4) is 0 Å². The van der Waals surface area contributed by atoms with Gasteiger partial charge in [0.25, 0.3) is 0 Å². The molecule has 1 rings (SSSR count). The molecule has 2 nitrogen and oxygen atoms in total. The third-order valence-electron chi connectivity index (χ3n) is 3.59. The van der Waals surface area contributed by atoms with Gasteiger partial charge in [0.05, 0.1) is 0 Å². The van der Waals surface area contributed by atoms with Gasteiger partial charge in [-0.05, 0) is 43.4 Å². The summed E-state index contributed by atoms with van der Waals surface area (Å²) in [5.74, 6) is 1.42. The van der Waals surface area contributed by atoms with E-state index in [9.17, 15) is 0 Å². The molecule has 0 aliphatic heterocycles. The smallest absolute Gasteiger partial charge is 0.0236 e. The summed E-state index contributed by atoms with van der Waals surface area (Å²) in [7, 11) is 0. The Morgan fingerprint density at radius 1 is 0.952 bits per heavy atom. The lowest BCUT2D eigenvalue weighted by atomic mass is 10.1. The molecule has 0 fully saturated rings. The van der Waals surface area contributed by atoms with Crippen molar-refractivity contribution < 1.29 is 0 Å². The Kier molecular flexibility index (Phi) is 7.98. The van der Waals surface area contributed by atoms with Crippen LogP contribution in [0.2, 0.25) is 0 Å². The Bertz CT molecular complexity index is 396. The molecule has 0 aliphatic carbocycles. The third kappa shape index (κ3) is 7.63. The number of rotatable bonds is 9. The Labute approximate surface area is 131 Å². The third-order valence-corrected chi connectivity index (χ3v) is 3.59. The minimum Gasteiger partial charge on any atom is -0.312 e. The number of benzene rings is 1. The summed E-state index contributed by atoms with van der Waals surface area (Å²) in [4.78, 5) is 2.56. The van der Waals surface area contributed by atoms with Crippen LogP contribution in [0, 0.1) is 11.8 Å². The highest BCUT2D eigenvalue weighted by Gasteiger charge is 2.12. The van der Waals surface area contributed by atoms with Crippen LogP contribution in [0.4, 0.5) is 0 Å². The normalized spacial score (nSPS) is 12.1. The van der Waals surface area contributed by atoms with Crippen LogP contribution < -0.4 is 5.32 Å². The van der Waals surface area contributed by atoms with Crippen molar-refractivity contribution in [2.45, 2.75) is 60.7 Å². The molecule has 21 heavy (non-hydrogen) atoms. The molecule has 0 amide bonds. The standard InChI is InChI=1S/C19H34N2/c1-15(2)11-20-12-18-8-7-9-19(10-18)14-21(17(5)6)13-16(3)4/h7-10,15-17,20H,11-14H2,1-6H3. The van der Waals surface area contributed by atoms with Gasteiger partial charge in [-0.25, -0.2) is 0 Å². The average Bonchev–Trinajstić information content (AvgIpc) is 2.37. The molecule has 0 bridgehead atoms. The van der Waals surface area contributed by atoms with Gasteiger partial charge in [0, 0.05) is 25.7 Å². The number of hydrogen-bond donors (Lipinski definition) is 1. The first-order valence-electron chi connectivity index (χ1n) is 8.41. The van der Waals surface area contributed by atoms with Gasteiger partial charge in [-0.1, -0.05) is 52.0 Å². The van der Waals surface area contributed by atoms with Crippen molar-refractivity contribution in [1.29, 1.82) is 0 Å². The second kappa shape index (κ2) is 9.22. The van der Waals surface area contributed by atoms with Gasteiger partial charge in [-0.3, -0.25) is 4.90 Å². The molecule has 0 saturated heterocycles. The zero-order chi connectivity index (χ0) is 15.8. The summed E-state index contributed by atoms with van der Waals surface area (Å²) < 4.78 is 0. The van der Waals surface area contributed by atoms with Gasteiger partial charge in [0.1, 0.15) is 0 Å². The molecule has 0 atom stereocenters. The molecule has 0 heterocycles. The van der Waals surface area contributed by atoms with E-state index in [1.807, 2.05) is 0 Å². The topological polar surface area (TPSA) is 15.3 Å². The van der Waals surface area contributed by atoms with Crippen molar-refractivity contribution in [3.05, 3.63) is 35.4 Å². The van der Waals surface area contributed by atoms with E-state index in [0.29, 0.717) is 17.9 Å². The van der Waals surface area contributed by atoms with Crippen LogP contribution in [-0.2, 0) is 13.1 Å². The van der Waals surface area contributed by atoms with Gasteiger partial charge in [-0.2, -0.15) is 0 Å². The molecule has 0 aromatic heterocycles. The van der Waals surface area contributed by atoms with Gasteiger partial charge in [0.15, 0.2) is 0 Å². The fraction of sp³-hybridized carbons (Fsp3) is 0.684. The monoisotopic (exact) mass is 290 g/mol. The highest BCUT2D eigenvalue weighted by molar-refractivity contribution is 5.23. The minimum atomic E-state index is 0.593. The summed E-state index contributed by atoms with van der Waals surface area (Å²) in [6.45, 7) is 17.9. The van der Waals surface area contributed by atoms with E-state index >= 15 is 0 Å². The molecule has 1 aromatic rings. The van der Waals surface area contributed by atoms with Crippen LogP contribution >= 0.6 is 0 Å². The lowest BCUT2D eigenvalue weighted by Crippen LogP contribution is -2.33. The molecule has 0 spiro atoms. The van der Waals surface area contributed by atoms with E-state index in [-0.39, 0.29) is 0 Å². The first kappa shape index (κ1) is 18.2. The summed E-state index contributed by atoms with van der Waals surface area (Å²) >= 11 is 0. The maximum Gasteiger partial charge on any atom is 0.0236 e. The van der Waals surface area contributed by atoms with E-state index in [2.05, 4.69) is 76.0 Å². The van der Waals surface area contributed by atoms with Crippen LogP contribution in [0.3, 0.4) is 0 Å². The van der Waals surface area contributed by atoms with E-state index < -0.39 is 0 Å². The maximum absolute atomic E-state index is 3.52. The average molecular weight is 290 g/mol. The molecule has 1 N–H and O–H groups in total. The molecule has 0 saturated carbocycles. The molecule has 1 aromatic carbocycles. The quantitative estimate of drug-likeness (QED) is 0.729. The SMILES string of the molecule is CC(C)CNCc1cccc(CN(CC(C)C)C(C)C)c1. The fourth-order valence-electron chi connectivity index (χ4n) is 2.50. The van der Waals surface area contributed by atoms with Crippen LogP contribution in [0.15, 0.2) is 24.3 Å². The Balaban J connectivity index is 2.61. The number of nitrogens with zero attached hydrogens (tertiary/aromatic N) is 1. The number of hydrogen-bond acceptors (Lipinski definition) is 2. The maximum atomic E-state index is 3.52. The minimum absolute atomic E-state index is 0.593. The van der Waals surface area contributed by atoms with Crippen LogP contribution in [0.25, 0.3) is 0 Å². The highest BCUT2D eigenvalue weighted by Crippen LogP contribution is 2.13. The molecule has 2 heteroatoms. The first-order chi connectivity index (χ1) is 9.88. The zero-order valence-electron chi connectivity index (χ0n) is 14.8. The van der Waals surface area contributed by atoms with Crippen molar-refractivity contribution in [3.63, 3.8) is 0 Å². The number of nitrogens with one attached hydrogen (secondary N) is 1. The summed E-state index contributed by atoms with van der Waals surface area (Å²) in [6.07, 6.45) is 0. The summed E-state index contributed by atoms with van der Waals surface area (Å²) in [5, 5.41) is 3.52. The van der Waals surface area contributed by atoms with E-state index in [1.54, 1.807) is 0 Å². The Morgan fingerprint density at radius 2 is 1.62 bits per heavy atom. The second-order valence-corrected chi connectivity index (χ2v) is 7.26. The van der Waals surface area contributed by atoms with E-state index in [1.165, 1.54) is 11.1 Å². The first-order valence-corrected chi connectivity index (χ1v) is 8.41. The molecular formula is C19H34N2. The molecule has 120 valence electrons. The summed E-state index contributed by atoms with van der Waals surface area (Å²) in [6, 6.07) is 9.61. The highest BCUT2D eigenvalue weighted by atomic mass is 15.1. The van der Waals surface area contributed by atoms with Gasteiger partial charge in [0.2, 0.25) is 0 Å². The van der Waals surface area contributed by atoms with Gasteiger partial charge in [-0.15, -0.1) is 0 Å². The molecule has 0 unspecified atom stereocenters. The van der Waals surface area contributed by atoms with Crippen molar-refractivity contribution in [2.24, 2.45) is 11.8 Å². The predicted octanol–water partition coefficient (Wildman–Crippen LogP) is 4.30. The van der Waals surface area contributed by atoms with E-state index in [4.69, 9.17) is 0 Å². The fourth-order valence-corrected chi connectivity index (χ4v) is 2.50. The largest absolute Gasteiger partial charge is 0.312 e. The van der Waals surface area contributed by atoms with Crippen LogP contribution in [0.5, 0.6) is 0 Å². The van der Waals surface area contributed by atoms with Crippen LogP contribution in [-0.4, -0.2) is 24.0 Å². The lowest BCUT2D eigenvalue weighted by molar-refractivity contribution is 0.189. The summed E-state index contributed by atoms with van der Waals surface area (Å²) in [5.41, 5.74) is 2.81. The van der Waals surface area contributed by atoms with Crippen molar-refractivity contribution >= 4 is 0 Å². The van der Waals surface area contributed by atoms with E-state index in [0.717, 1.165) is 26.2 Å². The van der Waals surface area contributed by atoms with Crippen LogP contribution in [0.1, 0.15) is 52.7 Å². The lowest BCUT2D eigenvalue weighted by Gasteiger charge is -2.28. The molecule has 0 radical (unpaired) electrons. The molecule has 0 aliphatic rings. The Hall–Kier alpha value is -0.860. The van der Waals surface area contributed by atoms with Crippen molar-refractivity contribution in [1.82, 2.24) is 10.2 Å². The Morgan fingerprint density at radius 3 is 2.19 bits per heavy atom. The van der Waals surface area contributed by atoms with Crippen molar-refractivity contribution in [2.75, 3.05) is 13.1 Å². The zero-order valence-corrected chi connectivity index (χ0v) is 14.8. The second-order valence-electron chi connectivity index (χ2n) is 7.26. The predicted molar refractivity (Wildman–Crippen MR) is 93.4 cm³/mol.